The van der Waals surface area contributed by atoms with Gasteiger partial charge in [-0.2, -0.15) is 12.6 Å². The van der Waals surface area contributed by atoms with Crippen molar-refractivity contribution in [2.75, 3.05) is 24.3 Å². The Morgan fingerprint density at radius 1 is 1.56 bits per heavy atom. The average Bonchev–Trinajstić information content (AvgIpc) is 2.38. The van der Waals surface area contributed by atoms with Crippen LogP contribution in [0.25, 0.3) is 0 Å². The highest BCUT2D eigenvalue weighted by Crippen LogP contribution is 2.33. The number of hydrogen-bond donors (Lipinski definition) is 2. The van der Waals surface area contributed by atoms with Crippen LogP contribution in [-0.4, -0.2) is 31.2 Å². The maximum atomic E-state index is 11.8. The molecule has 1 heterocycles. The molecule has 1 aliphatic rings. The summed E-state index contributed by atoms with van der Waals surface area (Å²) in [6.45, 7) is 0.544. The van der Waals surface area contributed by atoms with Crippen molar-refractivity contribution in [2.24, 2.45) is 0 Å². The van der Waals surface area contributed by atoms with Gasteiger partial charge >= 0.3 is 0 Å². The maximum Gasteiger partial charge on any atom is 0.271 e. The molecule has 0 unspecified atom stereocenters. The third-order valence-electron chi connectivity index (χ3n) is 2.63. The summed E-state index contributed by atoms with van der Waals surface area (Å²) in [5.74, 6) is -0.163. The van der Waals surface area contributed by atoms with Crippen molar-refractivity contribution < 1.29 is 14.3 Å². The van der Waals surface area contributed by atoms with Gasteiger partial charge in [-0.25, -0.2) is 4.90 Å². The second kappa shape index (κ2) is 5.41. The van der Waals surface area contributed by atoms with Crippen LogP contribution in [0.4, 0.5) is 5.69 Å². The lowest BCUT2D eigenvalue weighted by atomic mass is 10.1. The Kier molecular flexibility index (Phi) is 3.88. The predicted octanol–water partition coefficient (Wildman–Crippen LogP) is 0.588. The number of carbonyl (C=O) groups excluding carboxylic acids is 2. The van der Waals surface area contributed by atoms with Crippen molar-refractivity contribution in [3.8, 4) is 5.75 Å². The largest absolute Gasteiger partial charge is 0.482 e. The van der Waals surface area contributed by atoms with Gasteiger partial charge in [0.2, 0.25) is 5.91 Å². The molecule has 1 aromatic carbocycles. The Labute approximate surface area is 111 Å². The molecule has 0 saturated heterocycles. The minimum atomic E-state index is -0.358. The monoisotopic (exact) mass is 266 g/mol. The Hall–Kier alpha value is -1.53. The molecule has 2 amide bonds. The molecule has 1 aliphatic heterocycles. The fourth-order valence-electron chi connectivity index (χ4n) is 1.86. The molecule has 0 atom stereocenters. The highest BCUT2D eigenvalue weighted by Gasteiger charge is 2.30. The van der Waals surface area contributed by atoms with Crippen LogP contribution in [0.1, 0.15) is 5.56 Å². The normalized spacial score (nSPS) is 14.1. The SMILES string of the molecule is CNCc1ccc2c(c1)N(C(=O)CS)C(=O)CO2. The highest BCUT2D eigenvalue weighted by atomic mass is 32.1. The van der Waals surface area contributed by atoms with Crippen LogP contribution in [0.2, 0.25) is 0 Å². The molecule has 18 heavy (non-hydrogen) atoms. The smallest absolute Gasteiger partial charge is 0.271 e. The van der Waals surface area contributed by atoms with Crippen LogP contribution in [0.5, 0.6) is 5.75 Å². The highest BCUT2D eigenvalue weighted by molar-refractivity contribution is 7.81. The summed E-state index contributed by atoms with van der Waals surface area (Å²) in [7, 11) is 1.83. The van der Waals surface area contributed by atoms with Gasteiger partial charge < -0.3 is 10.1 Å². The minimum Gasteiger partial charge on any atom is -0.482 e. The number of rotatable bonds is 3. The maximum absolute atomic E-state index is 11.8. The summed E-state index contributed by atoms with van der Waals surface area (Å²) in [5.41, 5.74) is 1.48. The Balaban J connectivity index is 2.43. The third kappa shape index (κ3) is 2.34. The first-order chi connectivity index (χ1) is 8.67. The van der Waals surface area contributed by atoms with E-state index in [1.807, 2.05) is 13.1 Å². The van der Waals surface area contributed by atoms with Gasteiger partial charge in [0.25, 0.3) is 5.91 Å². The molecule has 2 rings (SSSR count). The number of hydrogen-bond acceptors (Lipinski definition) is 5. The van der Waals surface area contributed by atoms with E-state index >= 15 is 0 Å². The number of fused-ring (bicyclic) bond motifs is 1. The summed E-state index contributed by atoms with van der Waals surface area (Å²) in [6.07, 6.45) is 0. The van der Waals surface area contributed by atoms with Gasteiger partial charge in [0, 0.05) is 6.54 Å². The fourth-order valence-corrected chi connectivity index (χ4v) is 2.00. The molecule has 0 aliphatic carbocycles. The number of thiol groups is 1. The lowest BCUT2D eigenvalue weighted by Crippen LogP contribution is -2.43. The topological polar surface area (TPSA) is 58.6 Å². The number of imide groups is 1. The second-order valence-electron chi connectivity index (χ2n) is 3.90. The summed E-state index contributed by atoms with van der Waals surface area (Å²) in [6, 6.07) is 5.45. The first-order valence-corrected chi connectivity index (χ1v) is 6.17. The number of nitrogens with one attached hydrogen (secondary N) is 1. The summed E-state index contributed by atoms with van der Waals surface area (Å²) < 4.78 is 5.30. The first kappa shape index (κ1) is 12.9. The first-order valence-electron chi connectivity index (χ1n) is 5.54. The van der Waals surface area contributed by atoms with Gasteiger partial charge in [-0.05, 0) is 24.7 Å². The lowest BCUT2D eigenvalue weighted by molar-refractivity contribution is -0.127. The van der Waals surface area contributed by atoms with E-state index in [0.29, 0.717) is 18.0 Å². The Morgan fingerprint density at radius 2 is 2.33 bits per heavy atom. The van der Waals surface area contributed by atoms with Gasteiger partial charge in [0.05, 0.1) is 11.4 Å². The molecule has 96 valence electrons. The summed E-state index contributed by atoms with van der Waals surface area (Å²) in [4.78, 5) is 24.7. The molecular weight excluding hydrogens is 252 g/mol. The number of anilines is 1. The number of nitrogens with zero attached hydrogens (tertiary/aromatic N) is 1. The molecule has 6 heteroatoms. The second-order valence-corrected chi connectivity index (χ2v) is 4.22. The van der Waals surface area contributed by atoms with Crippen LogP contribution in [-0.2, 0) is 16.1 Å². The van der Waals surface area contributed by atoms with Crippen molar-refractivity contribution >= 4 is 30.1 Å². The lowest BCUT2D eigenvalue weighted by Gasteiger charge is -2.27. The fraction of sp³-hybridized carbons (Fsp3) is 0.333. The minimum absolute atomic E-state index is 0.0125. The number of benzene rings is 1. The van der Waals surface area contributed by atoms with Gasteiger partial charge in [0.1, 0.15) is 5.75 Å². The van der Waals surface area contributed by atoms with E-state index in [2.05, 4.69) is 17.9 Å². The van der Waals surface area contributed by atoms with Gasteiger partial charge in [-0.1, -0.05) is 6.07 Å². The van der Waals surface area contributed by atoms with Gasteiger partial charge in [0.15, 0.2) is 6.61 Å². The number of carbonyl (C=O) groups is 2. The number of ether oxygens (including phenoxy) is 1. The third-order valence-corrected chi connectivity index (χ3v) is 2.90. The van der Waals surface area contributed by atoms with Gasteiger partial charge in [-0.3, -0.25) is 9.59 Å². The van der Waals surface area contributed by atoms with Crippen molar-refractivity contribution in [3.63, 3.8) is 0 Å². The van der Waals surface area contributed by atoms with Crippen LogP contribution < -0.4 is 15.0 Å². The molecule has 0 radical (unpaired) electrons. The molecule has 0 saturated carbocycles. The molecule has 1 aromatic rings. The Bertz CT molecular complexity index is 490. The number of amides is 2. The van der Waals surface area contributed by atoms with Crippen molar-refractivity contribution in [2.45, 2.75) is 6.54 Å². The van der Waals surface area contributed by atoms with Crippen LogP contribution >= 0.6 is 12.6 Å². The summed E-state index contributed by atoms with van der Waals surface area (Å²) in [5, 5.41) is 3.02. The zero-order chi connectivity index (χ0) is 13.1. The van der Waals surface area contributed by atoms with E-state index < -0.39 is 0 Å². The van der Waals surface area contributed by atoms with Crippen LogP contribution in [0.15, 0.2) is 18.2 Å². The molecule has 0 fully saturated rings. The van der Waals surface area contributed by atoms with E-state index in [1.54, 1.807) is 12.1 Å². The standard InChI is InChI=1S/C12H14N2O3S/c1-13-5-8-2-3-10-9(4-8)14(12(16)7-18)11(15)6-17-10/h2-4,13,18H,5-7H2,1H3. The molecule has 5 nitrogen and oxygen atoms in total. The van der Waals surface area contributed by atoms with E-state index in [1.165, 1.54) is 0 Å². The quantitative estimate of drug-likeness (QED) is 0.786. The average molecular weight is 266 g/mol. The van der Waals surface area contributed by atoms with E-state index in [4.69, 9.17) is 4.74 Å². The van der Waals surface area contributed by atoms with Gasteiger partial charge in [-0.15, -0.1) is 0 Å². The zero-order valence-electron chi connectivity index (χ0n) is 9.97. The predicted molar refractivity (Wildman–Crippen MR) is 71.0 cm³/mol. The van der Waals surface area contributed by atoms with E-state index in [0.717, 1.165) is 10.5 Å². The molecule has 1 N–H and O–H groups in total. The van der Waals surface area contributed by atoms with Crippen molar-refractivity contribution in [1.29, 1.82) is 0 Å². The zero-order valence-corrected chi connectivity index (χ0v) is 10.9. The molecule has 0 aromatic heterocycles. The van der Waals surface area contributed by atoms with Crippen LogP contribution in [0, 0.1) is 0 Å². The van der Waals surface area contributed by atoms with Crippen molar-refractivity contribution in [3.05, 3.63) is 23.8 Å². The molecular formula is C12H14N2O3S. The molecule has 0 bridgehead atoms. The Morgan fingerprint density at radius 3 is 3.00 bits per heavy atom. The molecule has 0 spiro atoms. The van der Waals surface area contributed by atoms with Crippen molar-refractivity contribution in [1.82, 2.24) is 5.32 Å². The van der Waals surface area contributed by atoms with E-state index in [9.17, 15) is 9.59 Å². The van der Waals surface area contributed by atoms with Crippen LogP contribution in [0.3, 0.4) is 0 Å². The van der Waals surface area contributed by atoms with E-state index in [-0.39, 0.29) is 24.2 Å². The summed E-state index contributed by atoms with van der Waals surface area (Å²) >= 11 is 3.93.